The van der Waals surface area contributed by atoms with Crippen molar-refractivity contribution in [2.24, 2.45) is 0 Å². The zero-order valence-corrected chi connectivity index (χ0v) is 7.82. The van der Waals surface area contributed by atoms with Gasteiger partial charge in [-0.25, -0.2) is 13.6 Å². The maximum absolute atomic E-state index is 12.9. The molecule has 0 atom stereocenters. The average molecular weight is 205 g/mol. The zero-order valence-electron chi connectivity index (χ0n) is 7.82. The second-order valence-corrected chi connectivity index (χ2v) is 4.11. The van der Waals surface area contributed by atoms with Crippen molar-refractivity contribution in [3.05, 3.63) is 0 Å². The number of halogens is 2. The van der Waals surface area contributed by atoms with E-state index in [-0.39, 0.29) is 25.7 Å². The van der Waals surface area contributed by atoms with Crippen LogP contribution < -0.4 is 5.32 Å². The highest BCUT2D eigenvalue weighted by molar-refractivity contribution is 5.68. The highest BCUT2D eigenvalue weighted by Crippen LogP contribution is 2.42. The van der Waals surface area contributed by atoms with Crippen LogP contribution in [0.3, 0.4) is 0 Å². The molecule has 1 saturated carbocycles. The Hall–Kier alpha value is -0.870. The lowest BCUT2D eigenvalue weighted by molar-refractivity contribution is -0.115. The van der Waals surface area contributed by atoms with Crippen LogP contribution >= 0.6 is 0 Å². The summed E-state index contributed by atoms with van der Waals surface area (Å²) < 4.78 is 30.9. The largest absolute Gasteiger partial charge is 0.443 e. The van der Waals surface area contributed by atoms with Gasteiger partial charge in [0.15, 0.2) is 0 Å². The molecule has 1 saturated heterocycles. The van der Waals surface area contributed by atoms with E-state index in [0.717, 1.165) is 0 Å². The molecular formula is C9H13F2NO2. The molecule has 1 N–H and O–H groups in total. The number of ether oxygens (including phenoxy) is 1. The van der Waals surface area contributed by atoms with Gasteiger partial charge in [0.05, 0.1) is 0 Å². The molecule has 1 aliphatic heterocycles. The van der Waals surface area contributed by atoms with Crippen molar-refractivity contribution in [3.63, 3.8) is 0 Å². The molecule has 1 aliphatic carbocycles. The van der Waals surface area contributed by atoms with Crippen LogP contribution in [0.2, 0.25) is 0 Å². The summed E-state index contributed by atoms with van der Waals surface area (Å²) in [5, 5.41) is 2.53. The molecule has 3 nitrogen and oxygen atoms in total. The van der Waals surface area contributed by atoms with E-state index in [0.29, 0.717) is 13.0 Å². The molecular weight excluding hydrogens is 192 g/mol. The molecule has 2 rings (SSSR count). The van der Waals surface area contributed by atoms with Crippen molar-refractivity contribution in [3.8, 4) is 0 Å². The number of rotatable bonds is 0. The smallest absolute Gasteiger partial charge is 0.407 e. The van der Waals surface area contributed by atoms with E-state index >= 15 is 0 Å². The summed E-state index contributed by atoms with van der Waals surface area (Å²) in [7, 11) is 0. The first-order valence-electron chi connectivity index (χ1n) is 4.86. The molecule has 2 fully saturated rings. The predicted octanol–water partition coefficient (Wildman–Crippen LogP) is 2.06. The Bertz CT molecular complexity index is 245. The minimum absolute atomic E-state index is 0.166. The summed E-state index contributed by atoms with van der Waals surface area (Å²) in [5.74, 6) is -2.57. The van der Waals surface area contributed by atoms with Crippen molar-refractivity contribution in [1.82, 2.24) is 5.32 Å². The van der Waals surface area contributed by atoms with Crippen LogP contribution in [0.15, 0.2) is 0 Å². The number of hydrogen-bond donors (Lipinski definition) is 1. The van der Waals surface area contributed by atoms with E-state index in [2.05, 4.69) is 5.32 Å². The third-order valence-corrected chi connectivity index (χ3v) is 3.05. The molecule has 2 aliphatic rings. The first-order valence-corrected chi connectivity index (χ1v) is 4.86. The van der Waals surface area contributed by atoms with Gasteiger partial charge < -0.3 is 10.1 Å². The quantitative estimate of drug-likeness (QED) is 0.657. The Morgan fingerprint density at radius 3 is 2.36 bits per heavy atom. The van der Waals surface area contributed by atoms with Gasteiger partial charge in [-0.15, -0.1) is 0 Å². The van der Waals surface area contributed by atoms with Crippen LogP contribution in [0.1, 0.15) is 32.1 Å². The fraction of sp³-hybridized carbons (Fsp3) is 0.889. The van der Waals surface area contributed by atoms with Gasteiger partial charge >= 0.3 is 6.09 Å². The summed E-state index contributed by atoms with van der Waals surface area (Å²) in [6.45, 7) is 0.532. The molecule has 0 aromatic heterocycles. The number of carbonyl (C=O) groups is 1. The third-order valence-electron chi connectivity index (χ3n) is 3.05. The van der Waals surface area contributed by atoms with E-state index in [1.165, 1.54) is 0 Å². The van der Waals surface area contributed by atoms with Crippen molar-refractivity contribution in [1.29, 1.82) is 0 Å². The molecule has 0 aromatic rings. The van der Waals surface area contributed by atoms with Gasteiger partial charge in [-0.05, 0) is 12.8 Å². The van der Waals surface area contributed by atoms with Gasteiger partial charge in [0, 0.05) is 25.8 Å². The van der Waals surface area contributed by atoms with E-state index < -0.39 is 17.6 Å². The lowest BCUT2D eigenvalue weighted by Crippen LogP contribution is -2.50. The van der Waals surface area contributed by atoms with Crippen molar-refractivity contribution >= 4 is 6.09 Å². The van der Waals surface area contributed by atoms with Gasteiger partial charge in [0.25, 0.3) is 0 Å². The van der Waals surface area contributed by atoms with Gasteiger partial charge in [0.1, 0.15) is 5.60 Å². The van der Waals surface area contributed by atoms with Gasteiger partial charge in [0.2, 0.25) is 5.92 Å². The van der Waals surface area contributed by atoms with Crippen LogP contribution in [0.4, 0.5) is 13.6 Å². The molecule has 1 amide bonds. The summed E-state index contributed by atoms with van der Waals surface area (Å²) >= 11 is 0. The predicted molar refractivity (Wildman–Crippen MR) is 45.2 cm³/mol. The van der Waals surface area contributed by atoms with E-state index in [4.69, 9.17) is 4.74 Å². The summed E-state index contributed by atoms with van der Waals surface area (Å²) in [5.41, 5.74) is -0.607. The fourth-order valence-electron chi connectivity index (χ4n) is 2.10. The van der Waals surface area contributed by atoms with Crippen LogP contribution in [0, 0.1) is 0 Å². The van der Waals surface area contributed by atoms with Crippen molar-refractivity contribution in [2.45, 2.75) is 43.6 Å². The minimum atomic E-state index is -2.57. The normalized spacial score (nSPS) is 29.4. The van der Waals surface area contributed by atoms with Crippen LogP contribution in [0.5, 0.6) is 0 Å². The molecule has 5 heteroatoms. The maximum Gasteiger partial charge on any atom is 0.407 e. The van der Waals surface area contributed by atoms with Crippen LogP contribution in [-0.2, 0) is 4.74 Å². The number of alkyl carbamates (subject to hydrolysis) is 1. The Kier molecular flexibility index (Phi) is 2.12. The monoisotopic (exact) mass is 205 g/mol. The fourth-order valence-corrected chi connectivity index (χ4v) is 2.10. The number of amides is 1. The Labute approximate surface area is 80.8 Å². The van der Waals surface area contributed by atoms with Crippen LogP contribution in [0.25, 0.3) is 0 Å². The summed E-state index contributed by atoms with van der Waals surface area (Å²) in [6, 6.07) is 0. The van der Waals surface area contributed by atoms with Crippen LogP contribution in [-0.4, -0.2) is 24.2 Å². The molecule has 80 valence electrons. The Morgan fingerprint density at radius 2 is 1.79 bits per heavy atom. The molecule has 0 unspecified atom stereocenters. The number of alkyl halides is 2. The minimum Gasteiger partial charge on any atom is -0.443 e. The average Bonchev–Trinajstić information content (AvgIpc) is 2.12. The second-order valence-electron chi connectivity index (χ2n) is 4.11. The topological polar surface area (TPSA) is 38.3 Å². The number of carbonyl (C=O) groups excluding carboxylic acids is 1. The summed E-state index contributed by atoms with van der Waals surface area (Å²) in [6.07, 6.45) is 0.414. The SMILES string of the molecule is O=C1NCCC2(CCC(F)(F)CC2)O1. The highest BCUT2D eigenvalue weighted by atomic mass is 19.3. The van der Waals surface area contributed by atoms with E-state index in [1.54, 1.807) is 0 Å². The van der Waals surface area contributed by atoms with Gasteiger partial charge in [-0.1, -0.05) is 0 Å². The molecule has 0 radical (unpaired) electrons. The summed E-state index contributed by atoms with van der Waals surface area (Å²) in [4.78, 5) is 11.0. The molecule has 0 aromatic carbocycles. The molecule has 1 heterocycles. The standard InChI is InChI=1S/C9H13F2NO2/c10-9(11)3-1-8(2-4-9)5-6-12-7(13)14-8/h1-6H2,(H,12,13). The van der Waals surface area contributed by atoms with Gasteiger partial charge in [-0.3, -0.25) is 0 Å². The lowest BCUT2D eigenvalue weighted by Gasteiger charge is -2.41. The lowest BCUT2D eigenvalue weighted by atomic mass is 9.80. The van der Waals surface area contributed by atoms with E-state index in [9.17, 15) is 13.6 Å². The zero-order chi connectivity index (χ0) is 10.2. The molecule has 0 bridgehead atoms. The Morgan fingerprint density at radius 1 is 1.14 bits per heavy atom. The first kappa shape index (κ1) is 9.68. The third kappa shape index (κ3) is 1.81. The Balaban J connectivity index is 2.01. The number of nitrogens with one attached hydrogen (secondary N) is 1. The first-order chi connectivity index (χ1) is 6.52. The highest BCUT2D eigenvalue weighted by Gasteiger charge is 2.46. The molecule has 14 heavy (non-hydrogen) atoms. The van der Waals surface area contributed by atoms with Gasteiger partial charge in [-0.2, -0.15) is 0 Å². The second kappa shape index (κ2) is 3.07. The van der Waals surface area contributed by atoms with E-state index in [1.807, 2.05) is 0 Å². The maximum atomic E-state index is 12.9. The molecule has 1 spiro atoms. The van der Waals surface area contributed by atoms with Crippen molar-refractivity contribution in [2.75, 3.05) is 6.54 Å². The van der Waals surface area contributed by atoms with Crippen molar-refractivity contribution < 1.29 is 18.3 Å². The number of hydrogen-bond acceptors (Lipinski definition) is 2.